The van der Waals surface area contributed by atoms with Gasteiger partial charge in [-0.1, -0.05) is 0 Å². The molecule has 1 aliphatic rings. The van der Waals surface area contributed by atoms with Gasteiger partial charge in [0, 0.05) is 31.7 Å². The Morgan fingerprint density at radius 1 is 1.32 bits per heavy atom. The lowest BCUT2D eigenvalue weighted by molar-refractivity contribution is -0.137. The number of anilines is 1. The number of aromatic nitrogens is 3. The molecule has 0 radical (unpaired) electrons. The summed E-state index contributed by atoms with van der Waals surface area (Å²) in [6.45, 7) is 2.28. The second-order valence-electron chi connectivity index (χ2n) is 5.07. The largest absolute Gasteiger partial charge is 0.417 e. The number of nitrogens with zero attached hydrogens (tertiary/aromatic N) is 4. The Bertz CT molecular complexity index is 598. The monoisotopic (exact) mass is 312 g/mol. The molecule has 0 amide bonds. The maximum atomic E-state index is 12.6. The molecule has 2 aromatic rings. The molecular weight excluding hydrogens is 297 g/mol. The molecule has 0 spiro atoms. The lowest BCUT2D eigenvalue weighted by atomic mass is 10.2. The highest BCUT2D eigenvalue weighted by Crippen LogP contribution is 2.29. The number of pyridine rings is 1. The Morgan fingerprint density at radius 2 is 2.18 bits per heavy atom. The lowest BCUT2D eigenvalue weighted by Gasteiger charge is -2.33. The third-order valence-electron chi connectivity index (χ3n) is 3.49. The first-order chi connectivity index (χ1) is 10.5. The van der Waals surface area contributed by atoms with Gasteiger partial charge in [0.05, 0.1) is 24.8 Å². The van der Waals surface area contributed by atoms with Crippen molar-refractivity contribution in [3.05, 3.63) is 42.4 Å². The van der Waals surface area contributed by atoms with Crippen LogP contribution in [0.2, 0.25) is 0 Å². The van der Waals surface area contributed by atoms with Crippen molar-refractivity contribution < 1.29 is 17.9 Å². The molecule has 3 heterocycles. The van der Waals surface area contributed by atoms with Crippen LogP contribution in [-0.4, -0.2) is 40.6 Å². The molecule has 22 heavy (non-hydrogen) atoms. The highest BCUT2D eigenvalue weighted by Gasteiger charge is 2.31. The van der Waals surface area contributed by atoms with Gasteiger partial charge in [0.15, 0.2) is 0 Å². The van der Waals surface area contributed by atoms with E-state index in [4.69, 9.17) is 4.74 Å². The number of hydrogen-bond acceptors (Lipinski definition) is 4. The van der Waals surface area contributed by atoms with Gasteiger partial charge in [0.25, 0.3) is 0 Å². The Hall–Kier alpha value is -2.09. The quantitative estimate of drug-likeness (QED) is 0.871. The van der Waals surface area contributed by atoms with Crippen LogP contribution < -0.4 is 4.90 Å². The van der Waals surface area contributed by atoms with Crippen molar-refractivity contribution in [2.24, 2.45) is 0 Å². The van der Waals surface area contributed by atoms with Crippen molar-refractivity contribution in [3.8, 4) is 0 Å². The van der Waals surface area contributed by atoms with Crippen LogP contribution in [0, 0.1) is 0 Å². The van der Waals surface area contributed by atoms with Crippen molar-refractivity contribution in [2.75, 3.05) is 24.6 Å². The summed E-state index contributed by atoms with van der Waals surface area (Å²) in [6.07, 6.45) is -0.0267. The number of morpholine rings is 1. The highest BCUT2D eigenvalue weighted by molar-refractivity contribution is 5.40. The van der Waals surface area contributed by atoms with Crippen LogP contribution in [0.5, 0.6) is 0 Å². The summed E-state index contributed by atoms with van der Waals surface area (Å²) in [5, 5.41) is 4.12. The van der Waals surface area contributed by atoms with Gasteiger partial charge in [-0.05, 0) is 18.2 Å². The van der Waals surface area contributed by atoms with Crippen LogP contribution in [0.3, 0.4) is 0 Å². The van der Waals surface area contributed by atoms with Crippen molar-refractivity contribution in [2.45, 2.75) is 18.8 Å². The predicted molar refractivity (Wildman–Crippen MR) is 73.4 cm³/mol. The fourth-order valence-corrected chi connectivity index (χ4v) is 2.40. The molecule has 3 rings (SSSR count). The Kier molecular flexibility index (Phi) is 4.02. The first kappa shape index (κ1) is 14.8. The molecule has 0 bridgehead atoms. The second kappa shape index (κ2) is 5.96. The molecule has 0 N–H and O–H groups in total. The Labute approximate surface area is 125 Å². The summed E-state index contributed by atoms with van der Waals surface area (Å²) in [4.78, 5) is 5.86. The van der Waals surface area contributed by atoms with Crippen molar-refractivity contribution in [3.63, 3.8) is 0 Å². The zero-order valence-electron chi connectivity index (χ0n) is 11.7. The summed E-state index contributed by atoms with van der Waals surface area (Å²) in [7, 11) is 0. The average Bonchev–Trinajstić information content (AvgIpc) is 3.00. The zero-order chi connectivity index (χ0) is 15.6. The van der Waals surface area contributed by atoms with Gasteiger partial charge in [-0.3, -0.25) is 4.68 Å². The molecule has 1 saturated heterocycles. The van der Waals surface area contributed by atoms with E-state index in [9.17, 15) is 13.2 Å². The maximum Gasteiger partial charge on any atom is 0.417 e. The van der Waals surface area contributed by atoms with Gasteiger partial charge < -0.3 is 9.64 Å². The van der Waals surface area contributed by atoms with Gasteiger partial charge >= 0.3 is 6.18 Å². The average molecular weight is 312 g/mol. The molecular formula is C14H15F3N4O. The molecule has 0 saturated carbocycles. The van der Waals surface area contributed by atoms with E-state index >= 15 is 0 Å². The van der Waals surface area contributed by atoms with E-state index in [1.165, 1.54) is 6.07 Å². The summed E-state index contributed by atoms with van der Waals surface area (Å²) in [6, 6.07) is 4.29. The van der Waals surface area contributed by atoms with E-state index in [0.29, 0.717) is 32.1 Å². The number of alkyl halides is 3. The topological polar surface area (TPSA) is 43.2 Å². The summed E-state index contributed by atoms with van der Waals surface area (Å²) in [5.74, 6) is 0.529. The predicted octanol–water partition coefficient (Wildman–Crippen LogP) is 2.20. The SMILES string of the molecule is FC(F)(F)c1ccc(N2CCOC(Cn3cccn3)C2)nc1. The fourth-order valence-electron chi connectivity index (χ4n) is 2.40. The smallest absolute Gasteiger partial charge is 0.373 e. The number of hydrogen-bond donors (Lipinski definition) is 0. The maximum absolute atomic E-state index is 12.6. The van der Waals surface area contributed by atoms with E-state index in [1.807, 2.05) is 17.2 Å². The minimum Gasteiger partial charge on any atom is -0.373 e. The van der Waals surface area contributed by atoms with Crippen LogP contribution in [0.1, 0.15) is 5.56 Å². The van der Waals surface area contributed by atoms with Crippen LogP contribution in [-0.2, 0) is 17.5 Å². The van der Waals surface area contributed by atoms with E-state index in [0.717, 1.165) is 12.3 Å². The van der Waals surface area contributed by atoms with E-state index < -0.39 is 11.7 Å². The standard InChI is InChI=1S/C14H15F3N4O/c15-14(16,17)11-2-3-13(18-8-11)20-6-7-22-12(9-20)10-21-5-1-4-19-21/h1-5,8,12H,6-7,9-10H2. The highest BCUT2D eigenvalue weighted by atomic mass is 19.4. The van der Waals surface area contributed by atoms with Crippen molar-refractivity contribution >= 4 is 5.82 Å². The van der Waals surface area contributed by atoms with E-state index in [2.05, 4.69) is 10.1 Å². The van der Waals surface area contributed by atoms with Crippen LogP contribution in [0.4, 0.5) is 19.0 Å². The van der Waals surface area contributed by atoms with E-state index in [1.54, 1.807) is 10.9 Å². The Balaban J connectivity index is 1.66. The third kappa shape index (κ3) is 3.38. The van der Waals surface area contributed by atoms with Gasteiger partial charge in [-0.2, -0.15) is 18.3 Å². The summed E-state index contributed by atoms with van der Waals surface area (Å²) < 4.78 is 45.1. The number of halogens is 3. The fraction of sp³-hybridized carbons (Fsp3) is 0.429. The zero-order valence-corrected chi connectivity index (χ0v) is 11.7. The lowest BCUT2D eigenvalue weighted by Crippen LogP contribution is -2.44. The second-order valence-corrected chi connectivity index (χ2v) is 5.07. The summed E-state index contributed by atoms with van der Waals surface area (Å²) >= 11 is 0. The molecule has 1 atom stereocenters. The van der Waals surface area contributed by atoms with E-state index in [-0.39, 0.29) is 6.10 Å². The van der Waals surface area contributed by atoms with Crippen LogP contribution in [0.25, 0.3) is 0 Å². The summed E-state index contributed by atoms with van der Waals surface area (Å²) in [5.41, 5.74) is -0.738. The van der Waals surface area contributed by atoms with Gasteiger partial charge in [0.2, 0.25) is 0 Å². The van der Waals surface area contributed by atoms with Crippen LogP contribution >= 0.6 is 0 Å². The first-order valence-electron chi connectivity index (χ1n) is 6.89. The normalized spacial score (nSPS) is 19.4. The molecule has 1 fully saturated rings. The van der Waals surface area contributed by atoms with Crippen molar-refractivity contribution in [1.29, 1.82) is 0 Å². The van der Waals surface area contributed by atoms with Crippen molar-refractivity contribution in [1.82, 2.24) is 14.8 Å². The number of rotatable bonds is 3. The number of ether oxygens (including phenoxy) is 1. The Morgan fingerprint density at radius 3 is 2.82 bits per heavy atom. The molecule has 0 aromatic carbocycles. The third-order valence-corrected chi connectivity index (χ3v) is 3.49. The minimum atomic E-state index is -4.36. The molecule has 2 aromatic heterocycles. The molecule has 1 unspecified atom stereocenters. The molecule has 118 valence electrons. The van der Waals surface area contributed by atoms with Crippen LogP contribution in [0.15, 0.2) is 36.8 Å². The van der Waals surface area contributed by atoms with Gasteiger partial charge in [-0.15, -0.1) is 0 Å². The first-order valence-corrected chi connectivity index (χ1v) is 6.89. The van der Waals surface area contributed by atoms with Gasteiger partial charge in [0.1, 0.15) is 5.82 Å². The molecule has 5 nitrogen and oxygen atoms in total. The van der Waals surface area contributed by atoms with Gasteiger partial charge in [-0.25, -0.2) is 4.98 Å². The minimum absolute atomic E-state index is 0.0715. The molecule has 1 aliphatic heterocycles. The molecule has 8 heteroatoms. The molecule has 0 aliphatic carbocycles.